The fraction of sp³-hybridized carbons (Fsp3) is 0.733. The molecule has 0 radical (unpaired) electrons. The molecular formula is C15H24N4O2. The van der Waals surface area contributed by atoms with Crippen LogP contribution in [-0.4, -0.2) is 59.0 Å². The molecule has 2 fully saturated rings. The maximum absolute atomic E-state index is 12.4. The molecule has 0 unspecified atom stereocenters. The van der Waals surface area contributed by atoms with E-state index >= 15 is 0 Å². The summed E-state index contributed by atoms with van der Waals surface area (Å²) in [4.78, 5) is 14.4. The minimum absolute atomic E-state index is 0.204. The third-order valence-corrected chi connectivity index (χ3v) is 4.41. The van der Waals surface area contributed by atoms with Crippen LogP contribution in [0.4, 0.5) is 0 Å². The van der Waals surface area contributed by atoms with Crippen molar-refractivity contribution in [2.24, 2.45) is 0 Å². The van der Waals surface area contributed by atoms with E-state index in [0.29, 0.717) is 19.2 Å². The van der Waals surface area contributed by atoms with E-state index < -0.39 is 0 Å². The Bertz CT molecular complexity index is 447. The molecule has 6 nitrogen and oxygen atoms in total. The van der Waals surface area contributed by atoms with Crippen LogP contribution < -0.4 is 5.32 Å². The molecule has 0 bridgehead atoms. The lowest BCUT2D eigenvalue weighted by Gasteiger charge is -2.43. The zero-order valence-electron chi connectivity index (χ0n) is 12.4. The number of carbonyl (C=O) groups excluding carboxylic acids is 1. The van der Waals surface area contributed by atoms with E-state index in [4.69, 9.17) is 4.74 Å². The van der Waals surface area contributed by atoms with Crippen molar-refractivity contribution in [2.75, 3.05) is 26.2 Å². The van der Waals surface area contributed by atoms with Gasteiger partial charge >= 0.3 is 0 Å². The van der Waals surface area contributed by atoms with Gasteiger partial charge in [0.05, 0.1) is 31.8 Å². The zero-order valence-corrected chi connectivity index (χ0v) is 12.4. The van der Waals surface area contributed by atoms with Gasteiger partial charge in [0.2, 0.25) is 5.91 Å². The van der Waals surface area contributed by atoms with Crippen LogP contribution in [-0.2, 0) is 16.1 Å². The predicted molar refractivity (Wildman–Crippen MR) is 78.8 cm³/mol. The molecule has 116 valence electrons. The molecule has 2 atom stereocenters. The number of hydrogen-bond donors (Lipinski definition) is 1. The highest BCUT2D eigenvalue weighted by molar-refractivity contribution is 5.78. The average Bonchev–Trinajstić information content (AvgIpc) is 3.04. The van der Waals surface area contributed by atoms with Gasteiger partial charge in [0.15, 0.2) is 0 Å². The number of ether oxygens (including phenoxy) is 1. The summed E-state index contributed by atoms with van der Waals surface area (Å²) in [7, 11) is 0. The molecule has 6 heteroatoms. The van der Waals surface area contributed by atoms with E-state index in [0.717, 1.165) is 32.5 Å². The lowest BCUT2D eigenvalue weighted by atomic mass is 9.90. The molecule has 21 heavy (non-hydrogen) atoms. The molecule has 1 saturated carbocycles. The van der Waals surface area contributed by atoms with Crippen molar-refractivity contribution < 1.29 is 9.53 Å². The summed E-state index contributed by atoms with van der Waals surface area (Å²) < 4.78 is 7.68. The van der Waals surface area contributed by atoms with Crippen LogP contribution in [0.5, 0.6) is 0 Å². The van der Waals surface area contributed by atoms with Crippen molar-refractivity contribution >= 4 is 5.91 Å². The van der Waals surface area contributed by atoms with E-state index in [-0.39, 0.29) is 12.0 Å². The minimum atomic E-state index is 0.204. The second kappa shape index (κ2) is 7.04. The van der Waals surface area contributed by atoms with Crippen molar-refractivity contribution in [3.8, 4) is 0 Å². The number of fused-ring (bicyclic) bond motifs is 1. The first kappa shape index (κ1) is 14.5. The van der Waals surface area contributed by atoms with Gasteiger partial charge in [-0.2, -0.15) is 5.10 Å². The number of aromatic nitrogens is 2. The van der Waals surface area contributed by atoms with Crippen LogP contribution in [0.15, 0.2) is 18.5 Å². The molecule has 1 N–H and O–H groups in total. The van der Waals surface area contributed by atoms with Crippen molar-refractivity contribution in [3.05, 3.63) is 18.5 Å². The quantitative estimate of drug-likeness (QED) is 0.809. The van der Waals surface area contributed by atoms with Gasteiger partial charge in [-0.15, -0.1) is 0 Å². The van der Waals surface area contributed by atoms with E-state index in [1.54, 1.807) is 6.20 Å². The van der Waals surface area contributed by atoms with E-state index in [1.807, 2.05) is 21.8 Å². The largest absolute Gasteiger partial charge is 0.374 e. The number of nitrogens with zero attached hydrogens (tertiary/aromatic N) is 3. The maximum atomic E-state index is 12.4. The highest BCUT2D eigenvalue weighted by Crippen LogP contribution is 2.28. The van der Waals surface area contributed by atoms with E-state index in [1.165, 1.54) is 12.8 Å². The van der Waals surface area contributed by atoms with Gasteiger partial charge < -0.3 is 15.0 Å². The summed E-state index contributed by atoms with van der Waals surface area (Å²) in [6.07, 6.45) is 8.58. The SMILES string of the molecule is O=C(CNCCn1cccn1)N1CCO[C@@H]2CCCC[C@H]21. The van der Waals surface area contributed by atoms with Crippen LogP contribution >= 0.6 is 0 Å². The fourth-order valence-electron chi connectivity index (χ4n) is 3.33. The number of amides is 1. The summed E-state index contributed by atoms with van der Waals surface area (Å²) in [5.41, 5.74) is 0. The fourth-order valence-corrected chi connectivity index (χ4v) is 3.33. The minimum Gasteiger partial charge on any atom is -0.374 e. The highest BCUT2D eigenvalue weighted by atomic mass is 16.5. The van der Waals surface area contributed by atoms with Crippen LogP contribution in [0.25, 0.3) is 0 Å². The molecule has 0 spiro atoms. The molecule has 1 saturated heterocycles. The monoisotopic (exact) mass is 292 g/mol. The van der Waals surface area contributed by atoms with Crippen molar-refractivity contribution in [1.82, 2.24) is 20.0 Å². The summed E-state index contributed by atoms with van der Waals surface area (Å²) >= 11 is 0. The van der Waals surface area contributed by atoms with Crippen LogP contribution in [0.1, 0.15) is 25.7 Å². The Morgan fingerprint density at radius 2 is 2.29 bits per heavy atom. The van der Waals surface area contributed by atoms with Crippen molar-refractivity contribution in [3.63, 3.8) is 0 Å². The lowest BCUT2D eigenvalue weighted by molar-refractivity contribution is -0.148. The Morgan fingerprint density at radius 3 is 3.14 bits per heavy atom. The number of carbonyl (C=O) groups is 1. The molecule has 1 aliphatic carbocycles. The molecule has 1 aromatic heterocycles. The summed E-state index contributed by atoms with van der Waals surface area (Å²) in [6.45, 7) is 3.37. The Labute approximate surface area is 125 Å². The Kier molecular flexibility index (Phi) is 4.87. The molecule has 1 aromatic rings. The van der Waals surface area contributed by atoms with Gasteiger partial charge in [-0.05, 0) is 18.9 Å². The summed E-state index contributed by atoms with van der Waals surface area (Å²) in [5, 5.41) is 7.36. The van der Waals surface area contributed by atoms with Crippen LogP contribution in [0.3, 0.4) is 0 Å². The second-order valence-electron chi connectivity index (χ2n) is 5.79. The Morgan fingerprint density at radius 1 is 1.38 bits per heavy atom. The third kappa shape index (κ3) is 3.63. The summed E-state index contributed by atoms with van der Waals surface area (Å²) in [5.74, 6) is 0.204. The van der Waals surface area contributed by atoms with Gasteiger partial charge in [0, 0.05) is 25.5 Å². The predicted octanol–water partition coefficient (Wildman–Crippen LogP) is 0.643. The van der Waals surface area contributed by atoms with Crippen LogP contribution in [0.2, 0.25) is 0 Å². The van der Waals surface area contributed by atoms with Gasteiger partial charge in [-0.3, -0.25) is 9.48 Å². The first-order valence-corrected chi connectivity index (χ1v) is 7.94. The third-order valence-electron chi connectivity index (χ3n) is 4.41. The molecule has 0 aromatic carbocycles. The molecule has 1 amide bonds. The number of nitrogens with one attached hydrogen (secondary N) is 1. The van der Waals surface area contributed by atoms with Crippen LogP contribution in [0, 0.1) is 0 Å². The van der Waals surface area contributed by atoms with Gasteiger partial charge in [0.25, 0.3) is 0 Å². The number of rotatable bonds is 5. The maximum Gasteiger partial charge on any atom is 0.236 e. The van der Waals surface area contributed by atoms with Crippen molar-refractivity contribution in [2.45, 2.75) is 44.4 Å². The number of hydrogen-bond acceptors (Lipinski definition) is 4. The molecule has 2 heterocycles. The first-order chi connectivity index (χ1) is 10.3. The van der Waals surface area contributed by atoms with Gasteiger partial charge in [-0.25, -0.2) is 0 Å². The average molecular weight is 292 g/mol. The topological polar surface area (TPSA) is 59.4 Å². The summed E-state index contributed by atoms with van der Waals surface area (Å²) in [6, 6.07) is 2.20. The normalized spacial score (nSPS) is 25.6. The highest BCUT2D eigenvalue weighted by Gasteiger charge is 2.36. The first-order valence-electron chi connectivity index (χ1n) is 7.94. The molecule has 1 aliphatic heterocycles. The molecular weight excluding hydrogens is 268 g/mol. The number of morpholine rings is 1. The van der Waals surface area contributed by atoms with Gasteiger partial charge in [-0.1, -0.05) is 12.8 Å². The Hall–Kier alpha value is -1.40. The van der Waals surface area contributed by atoms with E-state index in [2.05, 4.69) is 10.4 Å². The zero-order chi connectivity index (χ0) is 14.5. The molecule has 2 aliphatic rings. The van der Waals surface area contributed by atoms with E-state index in [9.17, 15) is 4.79 Å². The lowest BCUT2D eigenvalue weighted by Crippen LogP contribution is -2.56. The molecule has 3 rings (SSSR count). The standard InChI is InChI=1S/C15H24N4O2/c20-15(12-16-7-9-18-8-3-6-17-18)19-10-11-21-14-5-2-1-4-13(14)19/h3,6,8,13-14,16H,1-2,4-5,7,9-12H2/t13-,14-/m1/s1. The smallest absolute Gasteiger partial charge is 0.236 e. The van der Waals surface area contributed by atoms with Gasteiger partial charge in [0.1, 0.15) is 0 Å². The second-order valence-corrected chi connectivity index (χ2v) is 5.79. The van der Waals surface area contributed by atoms with Crippen molar-refractivity contribution in [1.29, 1.82) is 0 Å². The Balaban J connectivity index is 1.43.